The van der Waals surface area contributed by atoms with Crippen LogP contribution in [0.5, 0.6) is 5.75 Å². The zero-order valence-corrected chi connectivity index (χ0v) is 23.3. The van der Waals surface area contributed by atoms with E-state index in [9.17, 15) is 21.6 Å². The van der Waals surface area contributed by atoms with E-state index in [2.05, 4.69) is 15.0 Å². The fourth-order valence-corrected chi connectivity index (χ4v) is 7.64. The number of ether oxygens (including phenoxy) is 1. The monoisotopic (exact) mass is 562 g/mol. The molecule has 0 spiro atoms. The molecule has 0 aromatic heterocycles. The molecule has 0 aliphatic carbocycles. The number of carbonyl (C=O) groups is 1. The van der Waals surface area contributed by atoms with Crippen LogP contribution in [-0.2, 0) is 20.0 Å². The summed E-state index contributed by atoms with van der Waals surface area (Å²) in [6, 6.07) is 9.90. The lowest BCUT2D eigenvalue weighted by Gasteiger charge is -2.32. The number of carbonyl (C=O) groups excluding carboxylic acids is 1. The molecule has 0 saturated carbocycles. The molecule has 2 aromatic carbocycles. The van der Waals surface area contributed by atoms with Crippen molar-refractivity contribution in [2.45, 2.75) is 67.7 Å². The number of benzene rings is 2. The second-order valence-corrected chi connectivity index (χ2v) is 13.1. The molecule has 1 fully saturated rings. The summed E-state index contributed by atoms with van der Waals surface area (Å²) in [7, 11) is -6.28. The number of methoxy groups -OCH3 is 1. The molecule has 2 aliphatic heterocycles. The van der Waals surface area contributed by atoms with Crippen LogP contribution in [0.3, 0.4) is 0 Å². The Labute approximate surface area is 224 Å². The molecular weight excluding hydrogens is 528 g/mol. The minimum absolute atomic E-state index is 0.0518. The second-order valence-electron chi connectivity index (χ2n) is 9.55. The fraction of sp³-hybridized carbons (Fsp3) is 0.462. The summed E-state index contributed by atoms with van der Waals surface area (Å²) in [6.07, 6.45) is 5.96. The van der Waals surface area contributed by atoms with Gasteiger partial charge in [0.15, 0.2) is 0 Å². The number of amides is 1. The number of hydrogen-bond donors (Lipinski definition) is 2. The molecule has 38 heavy (non-hydrogen) atoms. The highest BCUT2D eigenvalue weighted by Crippen LogP contribution is 2.32. The molecule has 10 nitrogen and oxygen atoms in total. The molecule has 1 amide bonds. The first-order chi connectivity index (χ1) is 18.1. The van der Waals surface area contributed by atoms with Crippen LogP contribution in [0.15, 0.2) is 57.2 Å². The van der Waals surface area contributed by atoms with Crippen LogP contribution in [0.4, 0.5) is 5.69 Å². The summed E-state index contributed by atoms with van der Waals surface area (Å²) in [4.78, 5) is 17.3. The van der Waals surface area contributed by atoms with Crippen molar-refractivity contribution in [3.8, 4) is 5.75 Å². The van der Waals surface area contributed by atoms with Crippen molar-refractivity contribution in [2.24, 2.45) is 4.99 Å². The second kappa shape index (κ2) is 11.8. The zero-order valence-electron chi connectivity index (χ0n) is 21.6. The summed E-state index contributed by atoms with van der Waals surface area (Å²) >= 11 is 0. The molecule has 1 saturated heterocycles. The van der Waals surface area contributed by atoms with E-state index in [1.54, 1.807) is 0 Å². The molecule has 0 bridgehead atoms. The number of sulfonamides is 2. The van der Waals surface area contributed by atoms with Crippen molar-refractivity contribution in [1.82, 2.24) is 9.03 Å². The van der Waals surface area contributed by atoms with E-state index in [-0.39, 0.29) is 27.1 Å². The van der Waals surface area contributed by atoms with Gasteiger partial charge in [-0.25, -0.2) is 16.8 Å². The normalized spacial score (nSPS) is 19.2. The lowest BCUT2D eigenvalue weighted by molar-refractivity contribution is 0.102. The molecule has 4 rings (SSSR count). The first-order valence-corrected chi connectivity index (χ1v) is 15.7. The van der Waals surface area contributed by atoms with Crippen molar-refractivity contribution >= 4 is 37.5 Å². The van der Waals surface area contributed by atoms with Gasteiger partial charge in [-0.1, -0.05) is 12.8 Å². The molecule has 2 heterocycles. The summed E-state index contributed by atoms with van der Waals surface area (Å²) < 4.78 is 61.7. The maximum Gasteiger partial charge on any atom is 0.262 e. The molecule has 1 atom stereocenters. The van der Waals surface area contributed by atoms with E-state index in [0.29, 0.717) is 31.0 Å². The Morgan fingerprint density at radius 2 is 1.76 bits per heavy atom. The number of aliphatic imine (C=N–C) groups is 1. The predicted molar refractivity (Wildman–Crippen MR) is 146 cm³/mol. The SMILES string of the molecule is COc1ccc(C(=O)Nc2ccc(S(=O)(=O)NC3=NCCCCC3)cc2)cc1S(=O)(=O)N1CCCCC1C. The van der Waals surface area contributed by atoms with Crippen molar-refractivity contribution in [3.63, 3.8) is 0 Å². The highest BCUT2D eigenvalue weighted by atomic mass is 32.2. The van der Waals surface area contributed by atoms with Crippen molar-refractivity contribution in [1.29, 1.82) is 0 Å². The van der Waals surface area contributed by atoms with E-state index >= 15 is 0 Å². The third-order valence-electron chi connectivity index (χ3n) is 6.80. The van der Waals surface area contributed by atoms with Gasteiger partial charge in [-0.2, -0.15) is 4.31 Å². The van der Waals surface area contributed by atoms with Crippen LogP contribution in [0.2, 0.25) is 0 Å². The number of hydrogen-bond acceptors (Lipinski definition) is 7. The topological polar surface area (TPSA) is 134 Å². The summed E-state index contributed by atoms with van der Waals surface area (Å²) in [5.41, 5.74) is 0.504. The standard InChI is InChI=1S/C26H34N4O6S2/c1-19-8-5-7-17-30(19)38(34,35)24-18-20(10-15-23(24)36-2)26(31)28-21-11-13-22(14-12-21)37(32,33)29-25-9-4-3-6-16-27-25/h10-15,18-19H,3-9,16-17H2,1-2H3,(H,27,29)(H,28,31). The third-order valence-corrected chi connectivity index (χ3v) is 10.2. The highest BCUT2D eigenvalue weighted by Gasteiger charge is 2.33. The Morgan fingerprint density at radius 1 is 1.00 bits per heavy atom. The van der Waals surface area contributed by atoms with Crippen LogP contribution in [-0.4, -0.2) is 59.1 Å². The first-order valence-electron chi connectivity index (χ1n) is 12.8. The van der Waals surface area contributed by atoms with Gasteiger partial charge in [0.05, 0.1) is 12.0 Å². The zero-order chi connectivity index (χ0) is 27.3. The van der Waals surface area contributed by atoms with Crippen LogP contribution in [0.1, 0.15) is 62.2 Å². The van der Waals surface area contributed by atoms with Crippen LogP contribution >= 0.6 is 0 Å². The van der Waals surface area contributed by atoms with Gasteiger partial charge in [0, 0.05) is 36.8 Å². The molecule has 206 valence electrons. The summed E-state index contributed by atoms with van der Waals surface area (Å²) in [5.74, 6) is 0.0982. The largest absolute Gasteiger partial charge is 0.495 e. The van der Waals surface area contributed by atoms with Gasteiger partial charge in [0.2, 0.25) is 10.0 Å². The molecule has 1 unspecified atom stereocenters. The number of rotatable bonds is 7. The number of amidine groups is 1. The van der Waals surface area contributed by atoms with Crippen LogP contribution in [0, 0.1) is 0 Å². The van der Waals surface area contributed by atoms with Crippen LogP contribution in [0.25, 0.3) is 0 Å². The third kappa shape index (κ3) is 6.36. The molecule has 0 radical (unpaired) electrons. The van der Waals surface area contributed by atoms with Crippen molar-refractivity contribution in [3.05, 3.63) is 48.0 Å². The smallest absolute Gasteiger partial charge is 0.262 e. The van der Waals surface area contributed by atoms with E-state index in [1.165, 1.54) is 53.9 Å². The Balaban J connectivity index is 1.50. The molecule has 2 aliphatic rings. The Kier molecular flexibility index (Phi) is 8.74. The van der Waals surface area contributed by atoms with Gasteiger partial charge in [0.1, 0.15) is 16.5 Å². The van der Waals surface area contributed by atoms with Gasteiger partial charge < -0.3 is 10.1 Å². The van der Waals surface area contributed by atoms with E-state index in [0.717, 1.165) is 38.5 Å². The maximum atomic E-state index is 13.4. The predicted octanol–water partition coefficient (Wildman–Crippen LogP) is 3.76. The minimum Gasteiger partial charge on any atom is -0.495 e. The summed E-state index contributed by atoms with van der Waals surface area (Å²) in [5, 5.41) is 2.70. The molecule has 2 N–H and O–H groups in total. The van der Waals surface area contributed by atoms with Crippen molar-refractivity contribution < 1.29 is 26.4 Å². The molecule has 12 heteroatoms. The molecular formula is C26H34N4O6S2. The average Bonchev–Trinajstić information content (AvgIpc) is 3.17. The van der Waals surface area contributed by atoms with E-state index in [1.807, 2.05) is 6.92 Å². The van der Waals surface area contributed by atoms with Crippen molar-refractivity contribution in [2.75, 3.05) is 25.5 Å². The average molecular weight is 563 g/mol. The lowest BCUT2D eigenvalue weighted by Crippen LogP contribution is -2.42. The highest BCUT2D eigenvalue weighted by molar-refractivity contribution is 7.90. The van der Waals surface area contributed by atoms with E-state index in [4.69, 9.17) is 4.74 Å². The Bertz CT molecular complexity index is 1410. The van der Waals surface area contributed by atoms with E-state index < -0.39 is 26.0 Å². The quantitative estimate of drug-likeness (QED) is 0.528. The van der Waals surface area contributed by atoms with Gasteiger partial charge in [-0.3, -0.25) is 14.5 Å². The number of anilines is 1. The fourth-order valence-electron chi connectivity index (χ4n) is 4.67. The van der Waals surface area contributed by atoms with Gasteiger partial charge >= 0.3 is 0 Å². The Hall–Kier alpha value is -2.96. The lowest BCUT2D eigenvalue weighted by atomic mass is 10.1. The maximum absolute atomic E-state index is 13.4. The van der Waals surface area contributed by atoms with Gasteiger partial charge in [0.25, 0.3) is 15.9 Å². The first kappa shape index (κ1) is 28.1. The number of nitrogens with zero attached hydrogens (tertiary/aromatic N) is 2. The van der Waals surface area contributed by atoms with Gasteiger partial charge in [-0.15, -0.1) is 0 Å². The molecule has 2 aromatic rings. The van der Waals surface area contributed by atoms with Crippen LogP contribution < -0.4 is 14.8 Å². The minimum atomic E-state index is -3.87. The summed E-state index contributed by atoms with van der Waals surface area (Å²) in [6.45, 7) is 2.90. The number of nitrogens with one attached hydrogen (secondary N) is 2. The number of piperidine rings is 1. The Morgan fingerprint density at radius 3 is 2.47 bits per heavy atom. The van der Waals surface area contributed by atoms with Gasteiger partial charge in [-0.05, 0) is 75.1 Å².